The molecule has 1 unspecified atom stereocenters. The van der Waals surface area contributed by atoms with Gasteiger partial charge in [0, 0.05) is 17.9 Å². The molecule has 2 aromatic rings. The summed E-state index contributed by atoms with van der Waals surface area (Å²) >= 11 is 0. The van der Waals surface area contributed by atoms with Gasteiger partial charge < -0.3 is 4.74 Å². The quantitative estimate of drug-likeness (QED) is 0.216. The first-order valence-electron chi connectivity index (χ1n) is 12.3. The van der Waals surface area contributed by atoms with Crippen LogP contribution in [0.4, 0.5) is 0 Å². The van der Waals surface area contributed by atoms with Gasteiger partial charge >= 0.3 is 0 Å². The highest BCUT2D eigenvalue weighted by atomic mass is 32.2. The smallest absolute Gasteiger partial charge is 0.264 e. The second-order valence-electron chi connectivity index (χ2n) is 8.78. The molecule has 0 aliphatic heterocycles. The van der Waals surface area contributed by atoms with E-state index in [4.69, 9.17) is 4.74 Å². The van der Waals surface area contributed by atoms with Crippen molar-refractivity contribution in [2.45, 2.75) is 35.5 Å². The van der Waals surface area contributed by atoms with E-state index in [0.29, 0.717) is 30.6 Å². The molecule has 206 valence electrons. The van der Waals surface area contributed by atoms with E-state index in [-0.39, 0.29) is 33.7 Å². The predicted molar refractivity (Wildman–Crippen MR) is 149 cm³/mol. The summed E-state index contributed by atoms with van der Waals surface area (Å²) in [7, 11) is -5.87. The first-order valence-corrected chi connectivity index (χ1v) is 15.5. The van der Waals surface area contributed by atoms with Gasteiger partial charge in [0.05, 0.1) is 22.7 Å². The number of ketones is 1. The first-order chi connectivity index (χ1) is 18.6. The summed E-state index contributed by atoms with van der Waals surface area (Å²) in [6.45, 7) is 0. The zero-order valence-corrected chi connectivity index (χ0v) is 23.2. The summed E-state index contributed by atoms with van der Waals surface area (Å²) in [6.07, 6.45) is 13.5. The van der Waals surface area contributed by atoms with E-state index in [1.807, 2.05) is 18.2 Å². The molecule has 0 aromatic heterocycles. The van der Waals surface area contributed by atoms with Crippen molar-refractivity contribution in [1.29, 1.82) is 0 Å². The maximum atomic E-state index is 12.5. The highest BCUT2D eigenvalue weighted by Gasteiger charge is 2.21. The van der Waals surface area contributed by atoms with Crippen molar-refractivity contribution >= 4 is 31.6 Å². The van der Waals surface area contributed by atoms with Gasteiger partial charge in [0.15, 0.2) is 15.6 Å². The summed E-state index contributed by atoms with van der Waals surface area (Å²) < 4.78 is 56.5. The van der Waals surface area contributed by atoms with Crippen molar-refractivity contribution in [3.05, 3.63) is 103 Å². The minimum absolute atomic E-state index is 0.0370. The topological polar surface area (TPSA) is 124 Å². The Morgan fingerprint density at radius 3 is 2.36 bits per heavy atom. The first kappa shape index (κ1) is 29.8. The van der Waals surface area contributed by atoms with Crippen LogP contribution in [-0.2, 0) is 29.4 Å². The second-order valence-corrected chi connectivity index (χ2v) is 12.5. The summed E-state index contributed by atoms with van der Waals surface area (Å²) in [6, 6.07) is 13.9. The molecule has 39 heavy (non-hydrogen) atoms. The summed E-state index contributed by atoms with van der Waals surface area (Å²) in [4.78, 5) is 24.5. The van der Waals surface area contributed by atoms with Gasteiger partial charge in [-0.15, -0.1) is 0 Å². The average Bonchev–Trinajstić information content (AvgIpc) is 3.27. The van der Waals surface area contributed by atoms with Gasteiger partial charge in [-0.3, -0.25) is 9.59 Å². The van der Waals surface area contributed by atoms with Gasteiger partial charge in [-0.2, -0.15) is 0 Å². The van der Waals surface area contributed by atoms with Crippen LogP contribution in [0, 0.1) is 5.92 Å². The molecule has 8 nitrogen and oxygen atoms in total. The Bertz CT molecular complexity index is 1490. The normalized spacial score (nSPS) is 16.9. The van der Waals surface area contributed by atoms with Crippen LogP contribution in [0.2, 0.25) is 0 Å². The Hall–Kier alpha value is -3.76. The lowest BCUT2D eigenvalue weighted by atomic mass is 9.97. The van der Waals surface area contributed by atoms with Crippen LogP contribution in [0.5, 0.6) is 5.75 Å². The SMILES string of the molecule is COc1ccc(S(=O)(=O)CC=CC=C2C(=O)C=CC2CC=CCCCC(=O)NS(=O)(=O)c2ccccc2)cc1. The molecule has 0 heterocycles. The Morgan fingerprint density at radius 2 is 1.67 bits per heavy atom. The number of methoxy groups -OCH3 is 1. The van der Waals surface area contributed by atoms with Gasteiger partial charge in [-0.05, 0) is 61.7 Å². The maximum absolute atomic E-state index is 12.5. The van der Waals surface area contributed by atoms with Crippen molar-refractivity contribution < 1.29 is 31.2 Å². The molecule has 0 spiro atoms. The minimum atomic E-state index is -3.87. The third kappa shape index (κ3) is 8.90. The molecule has 0 radical (unpaired) electrons. The lowest BCUT2D eigenvalue weighted by Crippen LogP contribution is -2.30. The fraction of sp³-hybridized carbons (Fsp3) is 0.241. The molecule has 0 bridgehead atoms. The molecular weight excluding hydrogens is 538 g/mol. The number of hydrogen-bond acceptors (Lipinski definition) is 7. The third-order valence-corrected chi connectivity index (χ3v) is 8.95. The lowest BCUT2D eigenvalue weighted by molar-refractivity contribution is -0.119. The van der Waals surface area contributed by atoms with Crippen LogP contribution in [0.25, 0.3) is 0 Å². The second kappa shape index (κ2) is 13.9. The standard InChI is InChI=1S/C29H31NO7S2/c1-37-24-17-19-25(20-18-24)38(33,34)22-10-9-14-27-23(16-21-28(27)31)11-5-2-3-8-15-29(32)30-39(35,36)26-12-6-4-7-13-26/h2,4-7,9-10,12-14,16-21,23H,3,8,11,15,22H2,1H3,(H,30,32). The molecule has 2 aromatic carbocycles. The largest absolute Gasteiger partial charge is 0.497 e. The molecule has 1 N–H and O–H groups in total. The molecule has 1 aliphatic rings. The van der Waals surface area contributed by atoms with Crippen LogP contribution in [0.1, 0.15) is 25.7 Å². The van der Waals surface area contributed by atoms with E-state index in [1.54, 1.807) is 42.5 Å². The average molecular weight is 570 g/mol. The zero-order valence-electron chi connectivity index (χ0n) is 21.5. The number of sulfonamides is 1. The van der Waals surface area contributed by atoms with Gasteiger partial charge in [0.25, 0.3) is 10.0 Å². The molecule has 3 rings (SSSR count). The van der Waals surface area contributed by atoms with Crippen LogP contribution >= 0.6 is 0 Å². The lowest BCUT2D eigenvalue weighted by Gasteiger charge is -2.07. The van der Waals surface area contributed by atoms with Crippen molar-refractivity contribution in [2.75, 3.05) is 12.9 Å². The molecule has 1 atom stereocenters. The third-order valence-electron chi connectivity index (χ3n) is 5.94. The van der Waals surface area contributed by atoms with Crippen LogP contribution in [-0.4, -0.2) is 41.4 Å². The van der Waals surface area contributed by atoms with E-state index in [0.717, 1.165) is 0 Å². The number of hydrogen-bond donors (Lipinski definition) is 1. The fourth-order valence-corrected chi connectivity index (χ4v) is 5.97. The summed E-state index contributed by atoms with van der Waals surface area (Å²) in [5.74, 6) is -0.442. The summed E-state index contributed by atoms with van der Waals surface area (Å²) in [5.41, 5.74) is 0.572. The van der Waals surface area contributed by atoms with Crippen molar-refractivity contribution in [3.8, 4) is 5.75 Å². The van der Waals surface area contributed by atoms with Gasteiger partial charge in [-0.1, -0.05) is 54.7 Å². The van der Waals surface area contributed by atoms with E-state index in [2.05, 4.69) is 4.72 Å². The number of rotatable bonds is 13. The van der Waals surface area contributed by atoms with E-state index in [1.165, 1.54) is 43.5 Å². The van der Waals surface area contributed by atoms with E-state index < -0.39 is 25.8 Å². The molecule has 1 aliphatic carbocycles. The minimum Gasteiger partial charge on any atom is -0.497 e. The molecule has 10 heteroatoms. The molecule has 0 saturated heterocycles. The Morgan fingerprint density at radius 1 is 0.949 bits per heavy atom. The van der Waals surface area contributed by atoms with E-state index >= 15 is 0 Å². The monoisotopic (exact) mass is 569 g/mol. The summed E-state index contributed by atoms with van der Waals surface area (Å²) in [5, 5.41) is 0. The Balaban J connectivity index is 1.44. The number of allylic oxidation sites excluding steroid dienone is 7. The zero-order chi connectivity index (χ0) is 28.3. The van der Waals surface area contributed by atoms with Crippen molar-refractivity contribution in [3.63, 3.8) is 0 Å². The van der Waals surface area contributed by atoms with Gasteiger partial charge in [0.2, 0.25) is 5.91 Å². The highest BCUT2D eigenvalue weighted by Crippen LogP contribution is 2.25. The van der Waals surface area contributed by atoms with Gasteiger partial charge in [-0.25, -0.2) is 21.6 Å². The number of nitrogens with one attached hydrogen (secondary N) is 1. The Labute approximate surface area is 229 Å². The number of carbonyl (C=O) groups is 2. The number of unbranched alkanes of at least 4 members (excludes halogenated alkanes) is 1. The van der Waals surface area contributed by atoms with E-state index in [9.17, 15) is 26.4 Å². The number of carbonyl (C=O) groups excluding carboxylic acids is 2. The maximum Gasteiger partial charge on any atom is 0.264 e. The van der Waals surface area contributed by atoms with Crippen LogP contribution in [0.3, 0.4) is 0 Å². The molecule has 0 fully saturated rings. The Kier molecular flexibility index (Phi) is 10.6. The molecule has 1 amide bonds. The van der Waals surface area contributed by atoms with Crippen LogP contribution in [0.15, 0.2) is 112 Å². The van der Waals surface area contributed by atoms with Crippen LogP contribution < -0.4 is 9.46 Å². The number of sulfone groups is 1. The predicted octanol–water partition coefficient (Wildman–Crippen LogP) is 4.33. The molecule has 0 saturated carbocycles. The number of amides is 1. The number of ether oxygens (including phenoxy) is 1. The fourth-order valence-electron chi connectivity index (χ4n) is 3.83. The molecular formula is C29H31NO7S2. The van der Waals surface area contributed by atoms with Crippen molar-refractivity contribution in [2.24, 2.45) is 5.92 Å². The van der Waals surface area contributed by atoms with Crippen molar-refractivity contribution in [1.82, 2.24) is 4.72 Å². The number of benzene rings is 2. The highest BCUT2D eigenvalue weighted by molar-refractivity contribution is 7.91. The van der Waals surface area contributed by atoms with Gasteiger partial charge in [0.1, 0.15) is 5.75 Å².